The Morgan fingerprint density at radius 3 is 2.80 bits per heavy atom. The highest BCUT2D eigenvalue weighted by molar-refractivity contribution is 5.02. The average molecular weight is 211 g/mol. The molecule has 0 aromatic carbocycles. The molecule has 0 aliphatic heterocycles. The van der Waals surface area contributed by atoms with Crippen LogP contribution in [0.25, 0.3) is 0 Å². The highest BCUT2D eigenvalue weighted by atomic mass is 16.5. The molecule has 5 nitrogen and oxygen atoms in total. The molecule has 0 unspecified atom stereocenters. The van der Waals surface area contributed by atoms with Crippen molar-refractivity contribution >= 4 is 0 Å². The van der Waals surface area contributed by atoms with E-state index in [4.69, 9.17) is 9.15 Å². The summed E-state index contributed by atoms with van der Waals surface area (Å²) in [6.07, 6.45) is 2.05. The number of hydrogen-bond donors (Lipinski definition) is 1. The van der Waals surface area contributed by atoms with Crippen molar-refractivity contribution in [2.75, 3.05) is 14.2 Å². The van der Waals surface area contributed by atoms with E-state index in [1.807, 2.05) is 14.0 Å². The van der Waals surface area contributed by atoms with Gasteiger partial charge in [-0.25, -0.2) is 0 Å². The molecular weight excluding hydrogens is 194 g/mol. The summed E-state index contributed by atoms with van der Waals surface area (Å²) in [5, 5.41) is 11.3. The largest absolute Gasteiger partial charge is 0.422 e. The molecule has 15 heavy (non-hydrogen) atoms. The van der Waals surface area contributed by atoms with E-state index in [1.54, 1.807) is 7.11 Å². The van der Waals surface area contributed by atoms with Crippen molar-refractivity contribution in [2.45, 2.75) is 37.8 Å². The number of nitrogens with one attached hydrogen (secondary N) is 1. The van der Waals surface area contributed by atoms with Crippen LogP contribution in [0.5, 0.6) is 0 Å². The van der Waals surface area contributed by atoms with E-state index in [0.717, 1.165) is 18.7 Å². The predicted molar refractivity (Wildman–Crippen MR) is 54.5 cm³/mol. The lowest BCUT2D eigenvalue weighted by atomic mass is 9.80. The molecule has 1 aliphatic rings. The molecule has 1 aliphatic carbocycles. The SMILES string of the molecule is CN[C@H]1C[C@H](c2nnc([C@@H](C)OC)o2)C1. The third-order valence-electron chi connectivity index (χ3n) is 3.05. The van der Waals surface area contributed by atoms with Gasteiger partial charge in [-0.1, -0.05) is 0 Å². The number of rotatable bonds is 4. The predicted octanol–water partition coefficient (Wildman–Crippen LogP) is 1.24. The Morgan fingerprint density at radius 1 is 1.47 bits per heavy atom. The summed E-state index contributed by atoms with van der Waals surface area (Å²) >= 11 is 0. The van der Waals surface area contributed by atoms with Gasteiger partial charge in [0.2, 0.25) is 11.8 Å². The first kappa shape index (κ1) is 10.6. The van der Waals surface area contributed by atoms with Crippen molar-refractivity contribution in [3.8, 4) is 0 Å². The summed E-state index contributed by atoms with van der Waals surface area (Å²) in [7, 11) is 3.61. The standard InChI is InChI=1S/C10H17N3O2/c1-6(14-3)9-12-13-10(15-9)7-4-8(5-7)11-2/h6-8,11H,4-5H2,1-3H3/t6-,7-,8-/m1/s1. The monoisotopic (exact) mass is 211 g/mol. The van der Waals surface area contributed by atoms with E-state index in [1.165, 1.54) is 0 Å². The van der Waals surface area contributed by atoms with Gasteiger partial charge in [-0.3, -0.25) is 0 Å². The van der Waals surface area contributed by atoms with E-state index in [-0.39, 0.29) is 6.10 Å². The Balaban J connectivity index is 1.96. The van der Waals surface area contributed by atoms with E-state index < -0.39 is 0 Å². The smallest absolute Gasteiger partial charge is 0.244 e. The molecule has 1 saturated carbocycles. The van der Waals surface area contributed by atoms with Crippen molar-refractivity contribution in [3.05, 3.63) is 11.8 Å². The van der Waals surface area contributed by atoms with Gasteiger partial charge in [-0.2, -0.15) is 0 Å². The van der Waals surface area contributed by atoms with Crippen LogP contribution in [0, 0.1) is 0 Å². The molecule has 1 heterocycles. The third-order valence-corrected chi connectivity index (χ3v) is 3.05. The molecule has 0 spiro atoms. The maximum absolute atomic E-state index is 5.56. The Hall–Kier alpha value is -0.940. The molecule has 2 rings (SSSR count). The Bertz CT molecular complexity index is 320. The normalized spacial score (nSPS) is 27.4. The first-order valence-electron chi connectivity index (χ1n) is 5.28. The van der Waals surface area contributed by atoms with Crippen molar-refractivity contribution < 1.29 is 9.15 Å². The van der Waals surface area contributed by atoms with Gasteiger partial charge < -0.3 is 14.5 Å². The number of ether oxygens (including phenoxy) is 1. The molecule has 5 heteroatoms. The van der Waals surface area contributed by atoms with Crippen LogP contribution in [0.2, 0.25) is 0 Å². The topological polar surface area (TPSA) is 60.2 Å². The van der Waals surface area contributed by atoms with Gasteiger partial charge in [-0.15, -0.1) is 10.2 Å². The number of aromatic nitrogens is 2. The molecule has 0 bridgehead atoms. The van der Waals surface area contributed by atoms with E-state index in [9.17, 15) is 0 Å². The zero-order chi connectivity index (χ0) is 10.8. The van der Waals surface area contributed by atoms with Gasteiger partial charge in [0, 0.05) is 19.1 Å². The van der Waals surface area contributed by atoms with E-state index in [2.05, 4.69) is 15.5 Å². The lowest BCUT2D eigenvalue weighted by molar-refractivity contribution is 0.0918. The van der Waals surface area contributed by atoms with Crippen LogP contribution in [0.4, 0.5) is 0 Å². The van der Waals surface area contributed by atoms with Gasteiger partial charge in [0.1, 0.15) is 6.10 Å². The fraction of sp³-hybridized carbons (Fsp3) is 0.800. The minimum absolute atomic E-state index is 0.119. The highest BCUT2D eigenvalue weighted by Crippen LogP contribution is 2.36. The Morgan fingerprint density at radius 2 is 2.20 bits per heavy atom. The molecular formula is C10H17N3O2. The van der Waals surface area contributed by atoms with Gasteiger partial charge in [0.15, 0.2) is 0 Å². The fourth-order valence-corrected chi connectivity index (χ4v) is 1.73. The molecule has 1 fully saturated rings. The van der Waals surface area contributed by atoms with Crippen LogP contribution in [0.3, 0.4) is 0 Å². The first-order valence-corrected chi connectivity index (χ1v) is 5.28. The molecule has 0 radical (unpaired) electrons. The summed E-state index contributed by atoms with van der Waals surface area (Å²) in [4.78, 5) is 0. The van der Waals surface area contributed by atoms with Crippen molar-refractivity contribution in [1.29, 1.82) is 0 Å². The van der Waals surface area contributed by atoms with Crippen LogP contribution >= 0.6 is 0 Å². The maximum atomic E-state index is 5.56. The second kappa shape index (κ2) is 4.28. The highest BCUT2D eigenvalue weighted by Gasteiger charge is 2.33. The van der Waals surface area contributed by atoms with Crippen LogP contribution < -0.4 is 5.32 Å². The number of nitrogens with zero attached hydrogens (tertiary/aromatic N) is 2. The van der Waals surface area contributed by atoms with Gasteiger partial charge in [0.05, 0.1) is 0 Å². The summed E-state index contributed by atoms with van der Waals surface area (Å²) in [6, 6.07) is 0.602. The van der Waals surface area contributed by atoms with Gasteiger partial charge in [-0.05, 0) is 26.8 Å². The van der Waals surface area contributed by atoms with Gasteiger partial charge in [0.25, 0.3) is 0 Å². The average Bonchev–Trinajstić information content (AvgIpc) is 2.64. The van der Waals surface area contributed by atoms with Crippen LogP contribution in [-0.2, 0) is 4.74 Å². The second-order valence-electron chi connectivity index (χ2n) is 4.01. The molecule has 1 aromatic heterocycles. The minimum Gasteiger partial charge on any atom is -0.422 e. The molecule has 1 aromatic rings. The molecule has 84 valence electrons. The Kier molecular flexibility index (Phi) is 3.02. The minimum atomic E-state index is -0.119. The first-order chi connectivity index (χ1) is 7.24. The summed E-state index contributed by atoms with van der Waals surface area (Å²) in [5.74, 6) is 1.74. The zero-order valence-corrected chi connectivity index (χ0v) is 9.36. The zero-order valence-electron chi connectivity index (χ0n) is 9.36. The van der Waals surface area contributed by atoms with Crippen molar-refractivity contribution in [1.82, 2.24) is 15.5 Å². The second-order valence-corrected chi connectivity index (χ2v) is 4.01. The molecule has 1 N–H and O–H groups in total. The van der Waals surface area contributed by atoms with Crippen LogP contribution in [0.15, 0.2) is 4.42 Å². The molecule has 0 amide bonds. The summed E-state index contributed by atoms with van der Waals surface area (Å²) in [6.45, 7) is 1.90. The quantitative estimate of drug-likeness (QED) is 0.812. The maximum Gasteiger partial charge on any atom is 0.244 e. The lowest BCUT2D eigenvalue weighted by Crippen LogP contribution is -2.37. The van der Waals surface area contributed by atoms with Crippen molar-refractivity contribution in [2.24, 2.45) is 0 Å². The van der Waals surface area contributed by atoms with E-state index in [0.29, 0.717) is 17.9 Å². The van der Waals surface area contributed by atoms with Crippen LogP contribution in [-0.4, -0.2) is 30.4 Å². The van der Waals surface area contributed by atoms with Gasteiger partial charge >= 0.3 is 0 Å². The number of methoxy groups -OCH3 is 1. The summed E-state index contributed by atoms with van der Waals surface area (Å²) < 4.78 is 10.7. The molecule has 1 atom stereocenters. The molecule has 0 saturated heterocycles. The van der Waals surface area contributed by atoms with E-state index >= 15 is 0 Å². The fourth-order valence-electron chi connectivity index (χ4n) is 1.73. The third kappa shape index (κ3) is 2.03. The van der Waals surface area contributed by atoms with Crippen LogP contribution in [0.1, 0.15) is 43.6 Å². The lowest BCUT2D eigenvalue weighted by Gasteiger charge is -2.32. The number of hydrogen-bond acceptors (Lipinski definition) is 5. The summed E-state index contributed by atoms with van der Waals surface area (Å²) in [5.41, 5.74) is 0. The Labute approximate surface area is 89.2 Å². The van der Waals surface area contributed by atoms with Crippen molar-refractivity contribution in [3.63, 3.8) is 0 Å².